The molecule has 0 aliphatic rings. The molecule has 0 atom stereocenters. The lowest BCUT2D eigenvalue weighted by Crippen LogP contribution is -2.10. The zero-order chi connectivity index (χ0) is 43.8. The highest BCUT2D eigenvalue weighted by Crippen LogP contribution is 2.43. The molecule has 0 heterocycles. The van der Waals surface area contributed by atoms with Gasteiger partial charge in [-0.05, 0) is 153 Å². The maximum atomic E-state index is 9.85. The van der Waals surface area contributed by atoms with Crippen molar-refractivity contribution in [3.8, 4) is 33.4 Å². The van der Waals surface area contributed by atoms with Gasteiger partial charge in [0.05, 0.1) is 5.48 Å². The molecule has 0 N–H and O–H groups in total. The maximum Gasteiger partial charge on any atom is 0.0645 e. The molecular weight excluding hydrogens is 735 g/mol. The molecule has 0 aliphatic carbocycles. The molecule has 12 aromatic rings. The molecule has 0 unspecified atom stereocenters. The minimum atomic E-state index is -0.121. The van der Waals surface area contributed by atoms with Crippen molar-refractivity contribution in [2.45, 2.75) is 0 Å². The molecule has 0 spiro atoms. The summed E-state index contributed by atoms with van der Waals surface area (Å²) >= 11 is 0. The first-order valence-corrected chi connectivity index (χ1v) is 20.8. The van der Waals surface area contributed by atoms with Crippen LogP contribution in [-0.4, -0.2) is 0 Å². The summed E-state index contributed by atoms with van der Waals surface area (Å²) in [6.45, 7) is 0. The summed E-state index contributed by atoms with van der Waals surface area (Å²) in [5.74, 6) is 0. The largest absolute Gasteiger partial charge is 0.310 e. The van der Waals surface area contributed by atoms with Gasteiger partial charge in [-0.15, -0.1) is 0 Å². The molecule has 12 rings (SSSR count). The van der Waals surface area contributed by atoms with Crippen molar-refractivity contribution in [3.05, 3.63) is 236 Å². The second-order valence-electron chi connectivity index (χ2n) is 15.7. The van der Waals surface area contributed by atoms with Gasteiger partial charge < -0.3 is 4.90 Å². The van der Waals surface area contributed by atoms with Gasteiger partial charge in [0, 0.05) is 17.1 Å². The molecule has 0 aromatic heterocycles. The number of nitrogens with zero attached hydrogens (tertiary/aromatic N) is 1. The summed E-state index contributed by atoms with van der Waals surface area (Å²) in [5, 5.41) is 13.2. The summed E-state index contributed by atoms with van der Waals surface area (Å²) in [5.41, 5.74) is 6.74. The predicted molar refractivity (Wildman–Crippen MR) is 262 cm³/mol. The normalized spacial score (nSPS) is 12.5. The first-order chi connectivity index (χ1) is 31.9. The van der Waals surface area contributed by atoms with E-state index in [-0.39, 0.29) is 35.4 Å². The fraction of sp³-hybridized carbons (Fsp3) is 0. The third kappa shape index (κ3) is 5.93. The molecule has 0 saturated carbocycles. The van der Waals surface area contributed by atoms with Crippen molar-refractivity contribution in [1.29, 1.82) is 0 Å². The van der Waals surface area contributed by atoms with Gasteiger partial charge in [0.25, 0.3) is 0 Å². The van der Waals surface area contributed by atoms with Crippen LogP contribution < -0.4 is 4.90 Å². The first-order valence-electron chi connectivity index (χ1n) is 22.8. The van der Waals surface area contributed by atoms with E-state index in [9.17, 15) is 5.48 Å². The summed E-state index contributed by atoms with van der Waals surface area (Å²) in [7, 11) is 0. The van der Waals surface area contributed by atoms with Gasteiger partial charge in [0.15, 0.2) is 0 Å². The average Bonchev–Trinajstić information content (AvgIpc) is 3.37. The fourth-order valence-corrected chi connectivity index (χ4v) is 9.41. The SMILES string of the molecule is [2H]c1c([2H])c(N(c2ccc(-c3cc4ccccc4c4ccccc34)cc2)c2cccc(-c3cc4ccccc4c4ccccc34)c2)c([2H])c([2H])c1-c1cc2ccccc2c2ccccc12. The van der Waals surface area contributed by atoms with Gasteiger partial charge in [-0.2, -0.15) is 0 Å². The Bertz CT molecular complexity index is 3860. The van der Waals surface area contributed by atoms with Crippen LogP contribution in [0, 0.1) is 0 Å². The third-order valence-corrected chi connectivity index (χ3v) is 12.3. The van der Waals surface area contributed by atoms with E-state index in [0.717, 1.165) is 70.7 Å². The number of benzene rings is 12. The van der Waals surface area contributed by atoms with Crippen LogP contribution in [0.3, 0.4) is 0 Å². The maximum absolute atomic E-state index is 9.85. The van der Waals surface area contributed by atoms with Crippen LogP contribution in [0.15, 0.2) is 236 Å². The quantitative estimate of drug-likeness (QED) is 0.152. The Hall–Kier alpha value is -8.00. The van der Waals surface area contributed by atoms with Gasteiger partial charge >= 0.3 is 0 Å². The number of hydrogen-bond donors (Lipinski definition) is 0. The summed E-state index contributed by atoms with van der Waals surface area (Å²) in [6, 6.07) is 72.6. The Balaban J connectivity index is 1.08. The van der Waals surface area contributed by atoms with Crippen LogP contribution in [0.5, 0.6) is 0 Å². The standard InChI is InChI=1S/C60H39N/c1-4-19-49-43(14-1)37-58(55-25-10-7-22-52(49)55)40-28-32-46(33-29-40)61(47-34-30-41(31-35-47)59-38-44-15-2-5-20-50(44)53-23-8-11-26-56(53)59)48-18-13-17-42(36-48)60-39-45-16-3-6-21-51(45)54-24-9-12-27-57(54)60/h1-39H/i28D,29D,32D,33D. The lowest BCUT2D eigenvalue weighted by molar-refractivity contribution is 1.28. The Morgan fingerprint density at radius 2 is 0.639 bits per heavy atom. The van der Waals surface area contributed by atoms with E-state index < -0.39 is 0 Å². The van der Waals surface area contributed by atoms with Crippen molar-refractivity contribution in [3.63, 3.8) is 0 Å². The molecular formula is C60H39N. The molecule has 0 aliphatic heterocycles. The Kier molecular flexibility index (Phi) is 7.30. The summed E-state index contributed by atoms with van der Waals surface area (Å²) < 4.78 is 39.2. The van der Waals surface area contributed by atoms with Gasteiger partial charge in [-0.3, -0.25) is 0 Å². The van der Waals surface area contributed by atoms with E-state index in [1.54, 1.807) is 0 Å². The van der Waals surface area contributed by atoms with E-state index in [0.29, 0.717) is 16.9 Å². The highest BCUT2D eigenvalue weighted by molar-refractivity contribution is 6.16. The molecule has 0 radical (unpaired) electrons. The molecule has 0 fully saturated rings. The second kappa shape index (κ2) is 14.4. The van der Waals surface area contributed by atoms with Gasteiger partial charge in [-0.1, -0.05) is 182 Å². The molecule has 0 bridgehead atoms. The fourth-order valence-electron chi connectivity index (χ4n) is 9.41. The van der Waals surface area contributed by atoms with Crippen LogP contribution >= 0.6 is 0 Å². The molecule has 1 heteroatoms. The van der Waals surface area contributed by atoms with Crippen LogP contribution in [-0.2, 0) is 0 Å². The Morgan fingerprint density at radius 1 is 0.246 bits per heavy atom. The smallest absolute Gasteiger partial charge is 0.0645 e. The van der Waals surface area contributed by atoms with Crippen molar-refractivity contribution >= 4 is 81.7 Å². The van der Waals surface area contributed by atoms with Crippen molar-refractivity contribution in [1.82, 2.24) is 0 Å². The number of fused-ring (bicyclic) bond motifs is 9. The predicted octanol–water partition coefficient (Wildman–Crippen LogP) is 17.1. The topological polar surface area (TPSA) is 3.24 Å². The van der Waals surface area contributed by atoms with E-state index >= 15 is 0 Å². The van der Waals surface area contributed by atoms with Crippen LogP contribution in [0.2, 0.25) is 0 Å². The zero-order valence-electron chi connectivity index (χ0n) is 37.2. The molecule has 61 heavy (non-hydrogen) atoms. The third-order valence-electron chi connectivity index (χ3n) is 12.3. The highest BCUT2D eigenvalue weighted by Gasteiger charge is 2.17. The number of hydrogen-bond acceptors (Lipinski definition) is 1. The molecule has 0 amide bonds. The van der Waals surface area contributed by atoms with Gasteiger partial charge in [0.2, 0.25) is 0 Å². The average molecular weight is 778 g/mol. The molecule has 1 nitrogen and oxygen atoms in total. The lowest BCUT2D eigenvalue weighted by Gasteiger charge is -2.27. The Labute approximate surface area is 360 Å². The Morgan fingerprint density at radius 3 is 1.11 bits per heavy atom. The van der Waals surface area contributed by atoms with Crippen LogP contribution in [0.25, 0.3) is 98.0 Å². The van der Waals surface area contributed by atoms with E-state index in [2.05, 4.69) is 146 Å². The summed E-state index contributed by atoms with van der Waals surface area (Å²) in [4.78, 5) is 1.90. The molecule has 284 valence electrons. The van der Waals surface area contributed by atoms with Crippen LogP contribution in [0.4, 0.5) is 17.1 Å². The van der Waals surface area contributed by atoms with E-state index in [4.69, 9.17) is 0 Å². The minimum absolute atomic E-state index is 0.0950. The zero-order valence-corrected chi connectivity index (χ0v) is 33.2. The van der Waals surface area contributed by atoms with Crippen molar-refractivity contribution < 1.29 is 5.48 Å². The first kappa shape index (κ1) is 31.0. The number of rotatable bonds is 6. The minimum Gasteiger partial charge on any atom is -0.310 e. The highest BCUT2D eigenvalue weighted by atomic mass is 15.1. The van der Waals surface area contributed by atoms with E-state index in [1.165, 1.54) is 16.2 Å². The number of anilines is 3. The summed E-state index contributed by atoms with van der Waals surface area (Å²) in [6.07, 6.45) is 0. The van der Waals surface area contributed by atoms with Gasteiger partial charge in [0.1, 0.15) is 0 Å². The lowest BCUT2D eigenvalue weighted by atomic mass is 9.92. The van der Waals surface area contributed by atoms with Crippen LogP contribution in [0.1, 0.15) is 5.48 Å². The van der Waals surface area contributed by atoms with Crippen molar-refractivity contribution in [2.75, 3.05) is 4.90 Å². The molecule has 12 aromatic carbocycles. The monoisotopic (exact) mass is 777 g/mol. The second-order valence-corrected chi connectivity index (χ2v) is 15.7. The van der Waals surface area contributed by atoms with E-state index in [1.807, 2.05) is 71.6 Å². The van der Waals surface area contributed by atoms with Gasteiger partial charge in [-0.25, -0.2) is 0 Å². The molecule has 0 saturated heterocycles. The van der Waals surface area contributed by atoms with Crippen molar-refractivity contribution in [2.24, 2.45) is 0 Å².